The van der Waals surface area contributed by atoms with Crippen LogP contribution >= 0.6 is 0 Å². The summed E-state index contributed by atoms with van der Waals surface area (Å²) in [6.07, 6.45) is 0. The molecule has 0 atom stereocenters. The molecule has 15 heavy (non-hydrogen) atoms. The fraction of sp³-hybridized carbons (Fsp3) is 0.0769. The van der Waals surface area contributed by atoms with Crippen molar-refractivity contribution >= 4 is 16.0 Å². The Balaban J connectivity index is 2.33. The van der Waals surface area contributed by atoms with E-state index in [0.29, 0.717) is 5.75 Å². The van der Waals surface area contributed by atoms with Crippen LogP contribution in [0, 0.1) is 0 Å². The normalized spacial score (nSPS) is 10.2. The molecule has 0 bridgehead atoms. The van der Waals surface area contributed by atoms with Gasteiger partial charge in [0, 0.05) is 0 Å². The molecule has 0 saturated heterocycles. The van der Waals surface area contributed by atoms with Crippen LogP contribution < -0.4 is 0 Å². The third-order valence-electron chi connectivity index (χ3n) is 2.34. The van der Waals surface area contributed by atoms with Gasteiger partial charge in [-0.15, -0.1) is 0 Å². The summed E-state index contributed by atoms with van der Waals surface area (Å²) in [6, 6.07) is 15.7. The van der Waals surface area contributed by atoms with E-state index in [1.54, 1.807) is 12.1 Å². The minimum absolute atomic E-state index is 0.307. The number of aromatic hydroxyl groups is 1. The summed E-state index contributed by atoms with van der Waals surface area (Å²) >= 11 is 2.57. The average Bonchev–Trinajstić information content (AvgIpc) is 2.30. The van der Waals surface area contributed by atoms with Crippen molar-refractivity contribution in [1.82, 2.24) is 0 Å². The van der Waals surface area contributed by atoms with Gasteiger partial charge in [0.05, 0.1) is 0 Å². The predicted molar refractivity (Wildman–Crippen MR) is 64.4 cm³/mol. The van der Waals surface area contributed by atoms with Crippen molar-refractivity contribution in [2.24, 2.45) is 0 Å². The molecule has 0 heterocycles. The average molecular weight is 263 g/mol. The van der Waals surface area contributed by atoms with Crippen LogP contribution in [0.15, 0.2) is 48.5 Å². The number of benzene rings is 2. The molecule has 1 nitrogen and oxygen atoms in total. The van der Waals surface area contributed by atoms with Crippen molar-refractivity contribution in [1.29, 1.82) is 0 Å². The first-order valence-electron chi connectivity index (χ1n) is 4.79. The Morgan fingerprint density at radius 2 is 1.27 bits per heavy atom. The standard InChI is InChI=1S/C13H12OSe/c14-13-7-5-12(6-8-13)11-3-1-10(9-15)2-4-11/h1-8,14-15H,9H2. The quantitative estimate of drug-likeness (QED) is 0.825. The molecule has 2 heteroatoms. The zero-order valence-corrected chi connectivity index (χ0v) is 10.1. The number of hydrogen-bond donors (Lipinski definition) is 1. The number of hydrogen-bond acceptors (Lipinski definition) is 1. The van der Waals surface area contributed by atoms with Gasteiger partial charge in [-0.3, -0.25) is 0 Å². The number of phenols is 1. The fourth-order valence-corrected chi connectivity index (χ4v) is 1.90. The molecule has 0 aliphatic carbocycles. The van der Waals surface area contributed by atoms with Crippen LogP contribution in [0.4, 0.5) is 0 Å². The second-order valence-corrected chi connectivity index (χ2v) is 4.07. The number of rotatable bonds is 2. The molecule has 0 fully saturated rings. The second kappa shape index (κ2) is 4.52. The molecule has 1 N–H and O–H groups in total. The van der Waals surface area contributed by atoms with Gasteiger partial charge >= 0.3 is 97.4 Å². The van der Waals surface area contributed by atoms with Crippen molar-refractivity contribution in [3.8, 4) is 16.9 Å². The maximum atomic E-state index is 9.18. The zero-order valence-electron chi connectivity index (χ0n) is 8.22. The van der Waals surface area contributed by atoms with Crippen LogP contribution in [-0.4, -0.2) is 21.1 Å². The van der Waals surface area contributed by atoms with Crippen LogP contribution in [0.5, 0.6) is 5.75 Å². The molecule has 2 rings (SSSR count). The SMILES string of the molecule is Oc1ccc(-c2ccc(C[SeH])cc2)cc1. The van der Waals surface area contributed by atoms with E-state index in [-0.39, 0.29) is 0 Å². The van der Waals surface area contributed by atoms with E-state index in [9.17, 15) is 5.11 Å². The molecule has 0 aliphatic heterocycles. The maximum absolute atomic E-state index is 9.18. The van der Waals surface area contributed by atoms with Gasteiger partial charge in [0.2, 0.25) is 0 Å². The topological polar surface area (TPSA) is 20.2 Å². The van der Waals surface area contributed by atoms with Gasteiger partial charge in [0.1, 0.15) is 0 Å². The Morgan fingerprint density at radius 1 is 0.800 bits per heavy atom. The summed E-state index contributed by atoms with van der Waals surface area (Å²) in [7, 11) is 0. The third kappa shape index (κ3) is 2.41. The molecular formula is C13H12OSe. The van der Waals surface area contributed by atoms with Crippen LogP contribution in [-0.2, 0) is 5.32 Å². The summed E-state index contributed by atoms with van der Waals surface area (Å²) in [4.78, 5) is 0. The summed E-state index contributed by atoms with van der Waals surface area (Å²) < 4.78 is 0. The molecule has 0 unspecified atom stereocenters. The third-order valence-corrected chi connectivity index (χ3v) is 3.10. The Hall–Kier alpha value is -1.24. The molecule has 0 spiro atoms. The molecule has 76 valence electrons. The van der Waals surface area contributed by atoms with Crippen molar-refractivity contribution in [2.45, 2.75) is 5.32 Å². The van der Waals surface area contributed by atoms with Crippen molar-refractivity contribution in [3.05, 3.63) is 54.1 Å². The first kappa shape index (κ1) is 10.3. The predicted octanol–water partition coefficient (Wildman–Crippen LogP) is 2.46. The first-order chi connectivity index (χ1) is 7.29. The Kier molecular flexibility index (Phi) is 3.10. The van der Waals surface area contributed by atoms with Gasteiger partial charge < -0.3 is 0 Å². The molecule has 2 aromatic carbocycles. The Bertz CT molecular complexity index is 431. The zero-order chi connectivity index (χ0) is 10.7. The van der Waals surface area contributed by atoms with E-state index in [2.05, 4.69) is 40.3 Å². The first-order valence-corrected chi connectivity index (χ1v) is 6.11. The second-order valence-electron chi connectivity index (χ2n) is 3.40. The van der Waals surface area contributed by atoms with E-state index in [4.69, 9.17) is 0 Å². The van der Waals surface area contributed by atoms with E-state index in [1.807, 2.05) is 12.1 Å². The van der Waals surface area contributed by atoms with Gasteiger partial charge in [-0.1, -0.05) is 0 Å². The van der Waals surface area contributed by atoms with Crippen LogP contribution in [0.25, 0.3) is 11.1 Å². The van der Waals surface area contributed by atoms with Crippen LogP contribution in [0.2, 0.25) is 0 Å². The molecule has 0 radical (unpaired) electrons. The van der Waals surface area contributed by atoms with E-state index in [1.165, 1.54) is 11.1 Å². The van der Waals surface area contributed by atoms with Crippen LogP contribution in [0.3, 0.4) is 0 Å². The van der Waals surface area contributed by atoms with Crippen LogP contribution in [0.1, 0.15) is 5.56 Å². The van der Waals surface area contributed by atoms with Crippen molar-refractivity contribution in [3.63, 3.8) is 0 Å². The van der Waals surface area contributed by atoms with Gasteiger partial charge in [-0.25, -0.2) is 0 Å². The minimum atomic E-state index is 0.307. The van der Waals surface area contributed by atoms with Crippen molar-refractivity contribution < 1.29 is 5.11 Å². The molecule has 0 amide bonds. The Labute approximate surface area is 97.6 Å². The van der Waals surface area contributed by atoms with E-state index in [0.717, 1.165) is 10.9 Å². The van der Waals surface area contributed by atoms with Crippen molar-refractivity contribution in [2.75, 3.05) is 0 Å². The Morgan fingerprint density at radius 3 is 1.73 bits per heavy atom. The molecular weight excluding hydrogens is 251 g/mol. The van der Waals surface area contributed by atoms with Gasteiger partial charge in [-0.2, -0.15) is 0 Å². The van der Waals surface area contributed by atoms with Gasteiger partial charge in [-0.05, 0) is 0 Å². The summed E-state index contributed by atoms with van der Waals surface area (Å²) in [5, 5.41) is 10.2. The fourth-order valence-electron chi connectivity index (χ4n) is 1.46. The van der Waals surface area contributed by atoms with E-state index >= 15 is 0 Å². The summed E-state index contributed by atoms with van der Waals surface area (Å²) in [5.74, 6) is 0.307. The van der Waals surface area contributed by atoms with E-state index < -0.39 is 0 Å². The molecule has 0 aromatic heterocycles. The van der Waals surface area contributed by atoms with Gasteiger partial charge in [0.15, 0.2) is 0 Å². The summed E-state index contributed by atoms with van der Waals surface area (Å²) in [5.41, 5.74) is 3.63. The molecule has 0 aliphatic rings. The number of phenolic OH excluding ortho intramolecular Hbond substituents is 1. The summed E-state index contributed by atoms with van der Waals surface area (Å²) in [6.45, 7) is 0. The molecule has 2 aromatic rings. The monoisotopic (exact) mass is 264 g/mol. The molecule has 0 saturated carbocycles. The van der Waals surface area contributed by atoms with Gasteiger partial charge in [0.25, 0.3) is 0 Å².